The summed E-state index contributed by atoms with van der Waals surface area (Å²) < 4.78 is 27.1. The maximum atomic E-state index is 11.6. The molecule has 0 aliphatic carbocycles. The van der Waals surface area contributed by atoms with Gasteiger partial charge in [-0.2, -0.15) is 8.42 Å². The van der Waals surface area contributed by atoms with E-state index in [2.05, 4.69) is 23.3 Å². The van der Waals surface area contributed by atoms with Gasteiger partial charge >= 0.3 is 29.6 Å². The van der Waals surface area contributed by atoms with E-state index in [9.17, 15) is 13.2 Å². The molecule has 0 aliphatic heterocycles. The summed E-state index contributed by atoms with van der Waals surface area (Å²) >= 11 is 0. The number of carbonyl (C=O) groups is 1. The first-order chi connectivity index (χ1) is 13.0. The molecule has 0 atom stereocenters. The zero-order valence-electron chi connectivity index (χ0n) is 18.2. The van der Waals surface area contributed by atoms with Crippen LogP contribution in [0.5, 0.6) is 0 Å². The van der Waals surface area contributed by atoms with Gasteiger partial charge < -0.3 is 5.73 Å². The molecule has 0 unspecified atom stereocenters. The van der Waals surface area contributed by atoms with Crippen LogP contribution in [0.25, 0.3) is 5.73 Å². The molecule has 0 saturated carbocycles. The van der Waals surface area contributed by atoms with Crippen molar-refractivity contribution >= 4 is 15.9 Å². The summed E-state index contributed by atoms with van der Waals surface area (Å²) in [6, 6.07) is 0. The number of ketones is 1. The standard InChI is InChI=1S/C21H40NO4S.Na/c1-2-3-4-5-6-7-8-9-10-11-12-13-14-15-16-17-21(23)20-26-27(24,25)19-18-22;/h9-10,22H,2-8,11-20H2,1H3;/q-1;+1/b10-9-;. The van der Waals surface area contributed by atoms with Crippen LogP contribution in [0, 0.1) is 0 Å². The van der Waals surface area contributed by atoms with E-state index in [-0.39, 0.29) is 54.2 Å². The Hall–Kier alpha value is 0.280. The largest absolute Gasteiger partial charge is 1.00 e. The van der Waals surface area contributed by atoms with Crippen LogP contribution in [-0.4, -0.2) is 33.1 Å². The maximum absolute atomic E-state index is 11.6. The van der Waals surface area contributed by atoms with Crippen molar-refractivity contribution in [2.75, 3.05) is 18.9 Å². The Balaban J connectivity index is 0. The zero-order chi connectivity index (χ0) is 20.2. The predicted octanol–water partition coefficient (Wildman–Crippen LogP) is 3.00. The fraction of sp³-hybridized carbons (Fsp3) is 0.857. The number of carbonyl (C=O) groups excluding carboxylic acids is 1. The fourth-order valence-electron chi connectivity index (χ4n) is 2.80. The van der Waals surface area contributed by atoms with Crippen molar-refractivity contribution < 1.29 is 47.0 Å². The van der Waals surface area contributed by atoms with Crippen LogP contribution < -0.4 is 29.6 Å². The molecule has 0 heterocycles. The second kappa shape index (κ2) is 22.0. The molecule has 0 saturated heterocycles. The van der Waals surface area contributed by atoms with Gasteiger partial charge in [-0.25, -0.2) is 0 Å². The van der Waals surface area contributed by atoms with Crippen molar-refractivity contribution in [3.8, 4) is 0 Å². The number of nitrogens with one attached hydrogen (secondary N) is 1. The summed E-state index contributed by atoms with van der Waals surface area (Å²) in [5.41, 5.74) is 6.87. The average Bonchev–Trinajstić information content (AvgIpc) is 2.63. The summed E-state index contributed by atoms with van der Waals surface area (Å²) in [4.78, 5) is 11.6. The summed E-state index contributed by atoms with van der Waals surface area (Å²) in [6.45, 7) is 1.62. The van der Waals surface area contributed by atoms with Crippen molar-refractivity contribution in [3.63, 3.8) is 0 Å². The summed E-state index contributed by atoms with van der Waals surface area (Å²) in [6.07, 6.45) is 20.6. The van der Waals surface area contributed by atoms with Crippen LogP contribution in [0.15, 0.2) is 12.2 Å². The Kier molecular flexibility index (Phi) is 23.9. The van der Waals surface area contributed by atoms with Crippen molar-refractivity contribution in [2.45, 2.75) is 96.8 Å². The minimum absolute atomic E-state index is 0. The first-order valence-electron chi connectivity index (χ1n) is 10.7. The monoisotopic (exact) mass is 425 g/mol. The van der Waals surface area contributed by atoms with Gasteiger partial charge in [0.15, 0.2) is 5.78 Å². The summed E-state index contributed by atoms with van der Waals surface area (Å²) in [5, 5.41) is 0. The van der Waals surface area contributed by atoms with Gasteiger partial charge in [-0.15, -0.1) is 6.54 Å². The Labute approximate surface area is 195 Å². The molecule has 0 radical (unpaired) electrons. The van der Waals surface area contributed by atoms with Crippen LogP contribution >= 0.6 is 0 Å². The number of allylic oxidation sites excluding steroid dienone is 2. The Morgan fingerprint density at radius 1 is 0.857 bits per heavy atom. The molecule has 0 spiro atoms. The van der Waals surface area contributed by atoms with E-state index in [4.69, 9.17) is 5.73 Å². The normalized spacial score (nSPS) is 11.6. The van der Waals surface area contributed by atoms with E-state index in [0.717, 1.165) is 25.7 Å². The molecule has 0 aliphatic rings. The van der Waals surface area contributed by atoms with E-state index in [1.807, 2.05) is 0 Å². The molecule has 160 valence electrons. The van der Waals surface area contributed by atoms with Crippen molar-refractivity contribution in [3.05, 3.63) is 17.9 Å². The van der Waals surface area contributed by atoms with E-state index in [1.54, 1.807) is 0 Å². The van der Waals surface area contributed by atoms with Gasteiger partial charge in [0.2, 0.25) is 0 Å². The second-order valence-corrected chi connectivity index (χ2v) is 8.91. The molecule has 0 aromatic rings. The molecule has 5 nitrogen and oxygen atoms in total. The molecule has 0 fully saturated rings. The van der Waals surface area contributed by atoms with Gasteiger partial charge in [0, 0.05) is 6.42 Å². The quantitative estimate of drug-likeness (QED) is 0.130. The molecule has 0 amide bonds. The van der Waals surface area contributed by atoms with Crippen LogP contribution in [-0.2, 0) is 19.1 Å². The molecule has 7 heteroatoms. The van der Waals surface area contributed by atoms with Crippen LogP contribution in [0.4, 0.5) is 0 Å². The van der Waals surface area contributed by atoms with Gasteiger partial charge in [0.25, 0.3) is 10.1 Å². The van der Waals surface area contributed by atoms with E-state index < -0.39 is 10.1 Å². The van der Waals surface area contributed by atoms with Crippen LogP contribution in [0.1, 0.15) is 96.8 Å². The number of Topliss-reactive ketones (excluding diaryl/α,β-unsaturated/α-hetero) is 1. The minimum Gasteiger partial charge on any atom is -0.677 e. The fourth-order valence-corrected chi connectivity index (χ4v) is 3.48. The Bertz CT molecular complexity index is 481. The smallest absolute Gasteiger partial charge is 0.677 e. The van der Waals surface area contributed by atoms with E-state index in [0.29, 0.717) is 6.42 Å². The van der Waals surface area contributed by atoms with Crippen molar-refractivity contribution in [2.24, 2.45) is 0 Å². The van der Waals surface area contributed by atoms with Gasteiger partial charge in [0.1, 0.15) is 6.61 Å². The topological polar surface area (TPSA) is 84.2 Å². The second-order valence-electron chi connectivity index (χ2n) is 7.15. The van der Waals surface area contributed by atoms with Crippen molar-refractivity contribution in [1.82, 2.24) is 0 Å². The molecule has 0 aromatic heterocycles. The Morgan fingerprint density at radius 2 is 1.36 bits per heavy atom. The minimum atomic E-state index is -3.70. The molecule has 0 aromatic carbocycles. The van der Waals surface area contributed by atoms with Gasteiger partial charge in [-0.05, 0) is 32.1 Å². The molecule has 28 heavy (non-hydrogen) atoms. The average molecular weight is 426 g/mol. The molecule has 0 bridgehead atoms. The molecular weight excluding hydrogens is 385 g/mol. The van der Waals surface area contributed by atoms with Crippen molar-refractivity contribution in [1.29, 1.82) is 0 Å². The number of unbranched alkanes of at least 4 members (excludes halogenated alkanes) is 11. The Morgan fingerprint density at radius 3 is 1.89 bits per heavy atom. The third kappa shape index (κ3) is 22.6. The molecule has 0 rings (SSSR count). The first kappa shape index (κ1) is 30.5. The predicted molar refractivity (Wildman–Crippen MR) is 113 cm³/mol. The zero-order valence-corrected chi connectivity index (χ0v) is 21.0. The third-order valence-electron chi connectivity index (χ3n) is 4.47. The van der Waals surface area contributed by atoms with Crippen LogP contribution in [0.3, 0.4) is 0 Å². The molecular formula is C21H40NNaO4S. The van der Waals surface area contributed by atoms with Crippen LogP contribution in [0.2, 0.25) is 0 Å². The van der Waals surface area contributed by atoms with E-state index in [1.165, 1.54) is 57.8 Å². The SMILES string of the molecule is CCCCCCCC/C=C\CCCCCCCC(=O)COS(=O)(=O)CC[NH-].[Na+]. The number of hydrogen-bond donors (Lipinski definition) is 0. The van der Waals surface area contributed by atoms with Gasteiger partial charge in [-0.3, -0.25) is 8.98 Å². The third-order valence-corrected chi connectivity index (χ3v) is 5.65. The number of hydrogen-bond acceptors (Lipinski definition) is 4. The maximum Gasteiger partial charge on any atom is 1.00 e. The van der Waals surface area contributed by atoms with E-state index >= 15 is 0 Å². The van der Waals surface area contributed by atoms with Gasteiger partial charge in [0.05, 0.1) is 5.75 Å². The first-order valence-corrected chi connectivity index (χ1v) is 12.3. The summed E-state index contributed by atoms with van der Waals surface area (Å²) in [5.74, 6) is -0.533. The van der Waals surface area contributed by atoms with Gasteiger partial charge in [-0.1, -0.05) is 70.4 Å². The molecule has 1 N–H and O–H groups in total. The summed E-state index contributed by atoms with van der Waals surface area (Å²) in [7, 11) is -3.70. The number of rotatable bonds is 20.